The maximum absolute atomic E-state index is 11.0. The molecule has 92 valence electrons. The molecule has 1 aromatic rings. The van der Waals surface area contributed by atoms with Gasteiger partial charge in [-0.3, -0.25) is 9.59 Å². The first-order valence-electron chi connectivity index (χ1n) is 5.57. The molecule has 0 saturated carbocycles. The van der Waals surface area contributed by atoms with E-state index in [0.717, 1.165) is 5.56 Å². The number of Topliss-reactive ketones (excluding diaryl/α,β-unsaturated/α-hetero) is 1. The van der Waals surface area contributed by atoms with E-state index in [4.69, 9.17) is 10.5 Å². The number of primary amides is 1. The van der Waals surface area contributed by atoms with Crippen LogP contribution in [0.5, 0.6) is 5.75 Å². The molecule has 1 rings (SSSR count). The number of ketones is 1. The third kappa shape index (κ3) is 4.26. The van der Waals surface area contributed by atoms with Crippen molar-refractivity contribution in [2.45, 2.75) is 32.8 Å². The number of hydrogen-bond donors (Lipinski definition) is 1. The molecular weight excluding hydrogens is 218 g/mol. The Morgan fingerprint density at radius 2 is 1.88 bits per heavy atom. The fourth-order valence-corrected chi connectivity index (χ4v) is 1.48. The lowest BCUT2D eigenvalue weighted by molar-refractivity contribution is -0.124. The van der Waals surface area contributed by atoms with Crippen LogP contribution in [-0.2, 0) is 16.0 Å². The molecule has 2 N–H and O–H groups in total. The minimum atomic E-state index is -0.603. The van der Waals surface area contributed by atoms with E-state index in [-0.39, 0.29) is 5.78 Å². The Balaban J connectivity index is 2.67. The van der Waals surface area contributed by atoms with Crippen molar-refractivity contribution in [3.8, 4) is 5.75 Å². The summed E-state index contributed by atoms with van der Waals surface area (Å²) in [5.74, 6) is 0.227. The summed E-state index contributed by atoms with van der Waals surface area (Å²) in [6.45, 7) is 3.38. The van der Waals surface area contributed by atoms with Crippen molar-refractivity contribution in [1.29, 1.82) is 0 Å². The zero-order chi connectivity index (χ0) is 12.8. The van der Waals surface area contributed by atoms with Gasteiger partial charge in [0.25, 0.3) is 5.91 Å². The Morgan fingerprint density at radius 3 is 2.29 bits per heavy atom. The van der Waals surface area contributed by atoms with Gasteiger partial charge in [0.05, 0.1) is 0 Å². The molecule has 1 amide bonds. The maximum atomic E-state index is 11.0. The lowest BCUT2D eigenvalue weighted by Crippen LogP contribution is -2.32. The van der Waals surface area contributed by atoms with Gasteiger partial charge >= 0.3 is 0 Å². The molecule has 0 saturated heterocycles. The van der Waals surface area contributed by atoms with Gasteiger partial charge in [0.1, 0.15) is 11.5 Å². The second-order valence-corrected chi connectivity index (χ2v) is 3.94. The molecule has 4 nitrogen and oxygen atoms in total. The van der Waals surface area contributed by atoms with E-state index in [1.807, 2.05) is 19.1 Å². The van der Waals surface area contributed by atoms with Crippen molar-refractivity contribution in [3.63, 3.8) is 0 Å². The summed E-state index contributed by atoms with van der Waals surface area (Å²) in [5.41, 5.74) is 6.11. The Hall–Kier alpha value is -1.84. The van der Waals surface area contributed by atoms with Crippen molar-refractivity contribution >= 4 is 11.7 Å². The van der Waals surface area contributed by atoms with E-state index in [1.54, 1.807) is 19.1 Å². The van der Waals surface area contributed by atoms with Crippen LogP contribution < -0.4 is 10.5 Å². The van der Waals surface area contributed by atoms with Gasteiger partial charge in [-0.1, -0.05) is 19.1 Å². The average molecular weight is 235 g/mol. The average Bonchev–Trinajstić information content (AvgIpc) is 2.26. The van der Waals surface area contributed by atoms with E-state index < -0.39 is 12.0 Å². The van der Waals surface area contributed by atoms with Gasteiger partial charge in [-0.15, -0.1) is 0 Å². The molecule has 17 heavy (non-hydrogen) atoms. The molecule has 4 heteroatoms. The van der Waals surface area contributed by atoms with E-state index in [0.29, 0.717) is 18.6 Å². The molecule has 1 aromatic carbocycles. The van der Waals surface area contributed by atoms with Crippen molar-refractivity contribution < 1.29 is 14.3 Å². The number of carbonyl (C=O) groups is 2. The van der Waals surface area contributed by atoms with Crippen LogP contribution in [0.1, 0.15) is 25.8 Å². The zero-order valence-corrected chi connectivity index (χ0v) is 10.1. The number of nitrogens with two attached hydrogens (primary N) is 1. The molecular formula is C13H17NO3. The summed E-state index contributed by atoms with van der Waals surface area (Å²) in [6, 6.07) is 7.10. The molecule has 1 unspecified atom stereocenters. The predicted molar refractivity (Wildman–Crippen MR) is 64.7 cm³/mol. The number of benzene rings is 1. The SMILES string of the molecule is CCC(Oc1ccc(CC(C)=O)cc1)C(N)=O. The quantitative estimate of drug-likeness (QED) is 0.811. The molecule has 0 heterocycles. The Kier molecular flexibility index (Phi) is 4.69. The van der Waals surface area contributed by atoms with Crippen molar-refractivity contribution in [2.24, 2.45) is 5.73 Å². The summed E-state index contributed by atoms with van der Waals surface area (Å²) < 4.78 is 5.43. The van der Waals surface area contributed by atoms with Crippen LogP contribution >= 0.6 is 0 Å². The van der Waals surface area contributed by atoms with Crippen LogP contribution in [0, 0.1) is 0 Å². The number of hydrogen-bond acceptors (Lipinski definition) is 3. The third-order valence-electron chi connectivity index (χ3n) is 2.34. The first-order chi connectivity index (χ1) is 8.02. The monoisotopic (exact) mass is 235 g/mol. The standard InChI is InChI=1S/C13H17NO3/c1-3-12(13(14)16)17-11-6-4-10(5-7-11)8-9(2)15/h4-7,12H,3,8H2,1-2H3,(H2,14,16). The van der Waals surface area contributed by atoms with Crippen molar-refractivity contribution in [1.82, 2.24) is 0 Å². The predicted octanol–water partition coefficient (Wildman–Crippen LogP) is 1.46. The van der Waals surface area contributed by atoms with Crippen LogP contribution in [0.2, 0.25) is 0 Å². The van der Waals surface area contributed by atoms with Gasteiger partial charge in [0, 0.05) is 6.42 Å². The molecule has 0 fully saturated rings. The highest BCUT2D eigenvalue weighted by atomic mass is 16.5. The molecule has 0 aliphatic heterocycles. The summed E-state index contributed by atoms with van der Waals surface area (Å²) in [4.78, 5) is 21.9. The van der Waals surface area contributed by atoms with Gasteiger partial charge in [-0.2, -0.15) is 0 Å². The second-order valence-electron chi connectivity index (χ2n) is 3.94. The topological polar surface area (TPSA) is 69.4 Å². The highest BCUT2D eigenvalue weighted by molar-refractivity contribution is 5.79. The van der Waals surface area contributed by atoms with Crippen molar-refractivity contribution in [2.75, 3.05) is 0 Å². The van der Waals surface area contributed by atoms with E-state index in [2.05, 4.69) is 0 Å². The molecule has 1 atom stereocenters. The van der Waals surface area contributed by atoms with Gasteiger partial charge in [0.2, 0.25) is 0 Å². The van der Waals surface area contributed by atoms with Crippen LogP contribution in [0.3, 0.4) is 0 Å². The molecule has 0 spiro atoms. The van der Waals surface area contributed by atoms with Crippen LogP contribution in [0.15, 0.2) is 24.3 Å². The Labute approximate surface area is 101 Å². The summed E-state index contributed by atoms with van der Waals surface area (Å²) in [7, 11) is 0. The lowest BCUT2D eigenvalue weighted by atomic mass is 10.1. The third-order valence-corrected chi connectivity index (χ3v) is 2.34. The largest absolute Gasteiger partial charge is 0.481 e. The van der Waals surface area contributed by atoms with Crippen LogP contribution in [0.25, 0.3) is 0 Å². The first kappa shape index (κ1) is 13.2. The van der Waals surface area contributed by atoms with E-state index in [1.165, 1.54) is 0 Å². The summed E-state index contributed by atoms with van der Waals surface area (Å²) in [6.07, 6.45) is 0.339. The highest BCUT2D eigenvalue weighted by Crippen LogP contribution is 2.15. The van der Waals surface area contributed by atoms with E-state index >= 15 is 0 Å². The number of ether oxygens (including phenoxy) is 1. The molecule has 0 aliphatic carbocycles. The fourth-order valence-electron chi connectivity index (χ4n) is 1.48. The fraction of sp³-hybridized carbons (Fsp3) is 0.385. The normalized spacial score (nSPS) is 11.9. The van der Waals surface area contributed by atoms with Gasteiger partial charge < -0.3 is 10.5 Å². The zero-order valence-electron chi connectivity index (χ0n) is 10.1. The Morgan fingerprint density at radius 1 is 1.29 bits per heavy atom. The van der Waals surface area contributed by atoms with Gasteiger partial charge in [0.15, 0.2) is 6.10 Å². The minimum Gasteiger partial charge on any atom is -0.481 e. The smallest absolute Gasteiger partial charge is 0.258 e. The second kappa shape index (κ2) is 6.03. The molecule has 0 aromatic heterocycles. The Bertz CT molecular complexity index is 398. The number of amides is 1. The first-order valence-corrected chi connectivity index (χ1v) is 5.57. The van der Waals surface area contributed by atoms with Crippen LogP contribution in [0.4, 0.5) is 0 Å². The van der Waals surface area contributed by atoms with Gasteiger partial charge in [-0.05, 0) is 31.0 Å². The molecule has 0 radical (unpaired) electrons. The molecule has 0 bridgehead atoms. The lowest BCUT2D eigenvalue weighted by Gasteiger charge is -2.14. The minimum absolute atomic E-state index is 0.113. The summed E-state index contributed by atoms with van der Waals surface area (Å²) in [5, 5.41) is 0. The highest BCUT2D eigenvalue weighted by Gasteiger charge is 2.14. The van der Waals surface area contributed by atoms with Crippen LogP contribution in [-0.4, -0.2) is 17.8 Å². The van der Waals surface area contributed by atoms with Crippen molar-refractivity contribution in [3.05, 3.63) is 29.8 Å². The summed E-state index contributed by atoms with van der Waals surface area (Å²) >= 11 is 0. The maximum Gasteiger partial charge on any atom is 0.258 e. The number of rotatable bonds is 6. The van der Waals surface area contributed by atoms with E-state index in [9.17, 15) is 9.59 Å². The number of carbonyl (C=O) groups excluding carboxylic acids is 2. The van der Waals surface area contributed by atoms with Gasteiger partial charge in [-0.25, -0.2) is 0 Å². The molecule has 0 aliphatic rings.